The Kier molecular flexibility index (Phi) is 3.65. The molecule has 0 aliphatic rings. The number of alkyl halides is 3. The summed E-state index contributed by atoms with van der Waals surface area (Å²) in [4.78, 5) is 14.3. The first-order chi connectivity index (χ1) is 7.00. The van der Waals surface area contributed by atoms with E-state index in [4.69, 9.17) is 0 Å². The molecule has 0 unspecified atom stereocenters. The third-order valence-corrected chi connectivity index (χ3v) is 1.65. The lowest BCUT2D eigenvalue weighted by atomic mass is 10.3. The lowest BCUT2D eigenvalue weighted by Crippen LogP contribution is -2.37. The van der Waals surface area contributed by atoms with Crippen LogP contribution in [0.2, 0.25) is 0 Å². The van der Waals surface area contributed by atoms with Crippen molar-refractivity contribution < 1.29 is 18.0 Å². The highest BCUT2D eigenvalue weighted by atomic mass is 19.4. The molecule has 1 amide bonds. The summed E-state index contributed by atoms with van der Waals surface area (Å²) in [6, 6.07) is 5.12. The summed E-state index contributed by atoms with van der Waals surface area (Å²) in [5.74, 6) is -1.92. The molecule has 0 radical (unpaired) electrons. The van der Waals surface area contributed by atoms with Crippen LogP contribution in [0.4, 0.5) is 13.2 Å². The molecule has 0 bridgehead atoms. The number of hydrogen-bond acceptors (Lipinski definition) is 2. The van der Waals surface area contributed by atoms with E-state index in [1.54, 1.807) is 29.7 Å². The molecule has 6 heteroatoms. The Bertz CT molecular complexity index is 324. The van der Waals surface area contributed by atoms with Crippen molar-refractivity contribution in [2.24, 2.45) is 0 Å². The van der Waals surface area contributed by atoms with Gasteiger partial charge in [0.15, 0.2) is 0 Å². The van der Waals surface area contributed by atoms with Crippen LogP contribution in [0.5, 0.6) is 0 Å². The van der Waals surface area contributed by atoms with Crippen molar-refractivity contribution in [2.75, 3.05) is 6.54 Å². The summed E-state index contributed by atoms with van der Waals surface area (Å²) in [7, 11) is 0. The zero-order valence-electron chi connectivity index (χ0n) is 7.71. The zero-order chi connectivity index (χ0) is 11.3. The van der Waals surface area contributed by atoms with Gasteiger partial charge in [0.2, 0.25) is 0 Å². The minimum absolute atomic E-state index is 0.0741. The van der Waals surface area contributed by atoms with E-state index in [9.17, 15) is 18.0 Å². The summed E-state index contributed by atoms with van der Waals surface area (Å²) >= 11 is 0. The van der Waals surface area contributed by atoms with E-state index in [1.165, 1.54) is 0 Å². The fourth-order valence-corrected chi connectivity index (χ4v) is 0.950. The molecule has 1 heterocycles. The number of amides is 1. The third kappa shape index (κ3) is 3.97. The SMILES string of the molecule is O=C(NCCc1ccccn1)C(F)(F)F. The van der Waals surface area contributed by atoms with Crippen molar-refractivity contribution in [1.82, 2.24) is 10.3 Å². The molecule has 0 saturated heterocycles. The molecule has 82 valence electrons. The topological polar surface area (TPSA) is 42.0 Å². The van der Waals surface area contributed by atoms with Gasteiger partial charge in [-0.1, -0.05) is 6.07 Å². The minimum atomic E-state index is -4.82. The number of pyridine rings is 1. The van der Waals surface area contributed by atoms with Crippen molar-refractivity contribution in [3.05, 3.63) is 30.1 Å². The predicted octanol–water partition coefficient (Wildman–Crippen LogP) is 1.30. The molecule has 0 aliphatic carbocycles. The van der Waals surface area contributed by atoms with E-state index < -0.39 is 12.1 Å². The van der Waals surface area contributed by atoms with Crippen LogP contribution in [0, 0.1) is 0 Å². The number of carbonyl (C=O) groups is 1. The molecule has 1 aromatic heterocycles. The van der Waals surface area contributed by atoms with Crippen LogP contribution < -0.4 is 5.32 Å². The van der Waals surface area contributed by atoms with Gasteiger partial charge in [0.1, 0.15) is 0 Å². The van der Waals surface area contributed by atoms with E-state index in [-0.39, 0.29) is 13.0 Å². The van der Waals surface area contributed by atoms with Gasteiger partial charge in [0, 0.05) is 24.9 Å². The number of rotatable bonds is 3. The van der Waals surface area contributed by atoms with Crippen LogP contribution in [-0.4, -0.2) is 23.6 Å². The lowest BCUT2D eigenvalue weighted by molar-refractivity contribution is -0.173. The summed E-state index contributed by atoms with van der Waals surface area (Å²) in [6.07, 6.45) is -2.99. The largest absolute Gasteiger partial charge is 0.471 e. The molecule has 0 aromatic carbocycles. The fraction of sp³-hybridized carbons (Fsp3) is 0.333. The maximum Gasteiger partial charge on any atom is 0.471 e. The fourth-order valence-electron chi connectivity index (χ4n) is 0.950. The van der Waals surface area contributed by atoms with Gasteiger partial charge in [0.05, 0.1) is 0 Å². The normalized spacial score (nSPS) is 11.1. The molecular formula is C9H9F3N2O. The molecule has 1 rings (SSSR count). The second kappa shape index (κ2) is 4.77. The number of hydrogen-bond donors (Lipinski definition) is 1. The van der Waals surface area contributed by atoms with Crippen molar-refractivity contribution >= 4 is 5.91 Å². The number of nitrogens with zero attached hydrogens (tertiary/aromatic N) is 1. The highest BCUT2D eigenvalue weighted by molar-refractivity contribution is 5.81. The van der Waals surface area contributed by atoms with Gasteiger partial charge in [0.25, 0.3) is 0 Å². The lowest BCUT2D eigenvalue weighted by Gasteiger charge is -2.06. The Labute approximate surface area is 84.3 Å². The Morgan fingerprint density at radius 2 is 2.13 bits per heavy atom. The highest BCUT2D eigenvalue weighted by Gasteiger charge is 2.38. The van der Waals surface area contributed by atoms with Gasteiger partial charge in [-0.25, -0.2) is 0 Å². The van der Waals surface area contributed by atoms with E-state index in [0.717, 1.165) is 0 Å². The highest BCUT2D eigenvalue weighted by Crippen LogP contribution is 2.13. The molecule has 0 aliphatic heterocycles. The molecular weight excluding hydrogens is 209 g/mol. The smallest absolute Gasteiger partial charge is 0.348 e. The second-order valence-corrected chi connectivity index (χ2v) is 2.82. The first kappa shape index (κ1) is 11.5. The van der Waals surface area contributed by atoms with Gasteiger partial charge >= 0.3 is 12.1 Å². The van der Waals surface area contributed by atoms with Crippen LogP contribution in [-0.2, 0) is 11.2 Å². The number of halogens is 3. The number of aromatic nitrogens is 1. The van der Waals surface area contributed by atoms with Crippen LogP contribution in [0.3, 0.4) is 0 Å². The minimum Gasteiger partial charge on any atom is -0.348 e. The van der Waals surface area contributed by atoms with E-state index in [2.05, 4.69) is 4.98 Å². The van der Waals surface area contributed by atoms with Crippen molar-refractivity contribution in [3.8, 4) is 0 Å². The summed E-state index contributed by atoms with van der Waals surface area (Å²) in [5, 5.41) is 1.77. The van der Waals surface area contributed by atoms with Gasteiger partial charge in [-0.05, 0) is 12.1 Å². The molecule has 0 spiro atoms. The molecule has 15 heavy (non-hydrogen) atoms. The van der Waals surface area contributed by atoms with Gasteiger partial charge in [-0.2, -0.15) is 13.2 Å². The van der Waals surface area contributed by atoms with Crippen LogP contribution >= 0.6 is 0 Å². The Morgan fingerprint density at radius 3 is 2.67 bits per heavy atom. The summed E-state index contributed by atoms with van der Waals surface area (Å²) < 4.78 is 35.2. The monoisotopic (exact) mass is 218 g/mol. The number of carbonyl (C=O) groups excluding carboxylic acids is 1. The maximum absolute atomic E-state index is 11.7. The average molecular weight is 218 g/mol. The first-order valence-corrected chi connectivity index (χ1v) is 4.25. The summed E-state index contributed by atoms with van der Waals surface area (Å²) in [6.45, 7) is -0.0741. The van der Waals surface area contributed by atoms with E-state index in [0.29, 0.717) is 5.69 Å². The maximum atomic E-state index is 11.7. The molecule has 3 nitrogen and oxygen atoms in total. The first-order valence-electron chi connectivity index (χ1n) is 4.25. The Balaban J connectivity index is 2.32. The van der Waals surface area contributed by atoms with E-state index >= 15 is 0 Å². The third-order valence-electron chi connectivity index (χ3n) is 1.65. The van der Waals surface area contributed by atoms with Crippen LogP contribution in [0.15, 0.2) is 24.4 Å². The Morgan fingerprint density at radius 1 is 1.40 bits per heavy atom. The summed E-state index contributed by atoms with van der Waals surface area (Å²) in [5.41, 5.74) is 0.639. The molecule has 0 atom stereocenters. The van der Waals surface area contributed by atoms with Gasteiger partial charge in [-0.3, -0.25) is 9.78 Å². The van der Waals surface area contributed by atoms with Crippen molar-refractivity contribution in [3.63, 3.8) is 0 Å². The zero-order valence-corrected chi connectivity index (χ0v) is 7.71. The quantitative estimate of drug-likeness (QED) is 0.830. The molecule has 0 fully saturated rings. The Hall–Kier alpha value is -1.59. The molecule has 1 N–H and O–H groups in total. The predicted molar refractivity (Wildman–Crippen MR) is 47.0 cm³/mol. The van der Waals surface area contributed by atoms with Gasteiger partial charge in [-0.15, -0.1) is 0 Å². The standard InChI is InChI=1S/C9H9F3N2O/c10-9(11,12)8(15)14-6-4-7-3-1-2-5-13-7/h1-3,5H,4,6H2,(H,14,15). The van der Waals surface area contributed by atoms with Crippen molar-refractivity contribution in [1.29, 1.82) is 0 Å². The van der Waals surface area contributed by atoms with E-state index in [1.807, 2.05) is 0 Å². The number of nitrogens with one attached hydrogen (secondary N) is 1. The molecule has 0 saturated carbocycles. The van der Waals surface area contributed by atoms with Crippen molar-refractivity contribution in [2.45, 2.75) is 12.6 Å². The molecule has 1 aromatic rings. The second-order valence-electron chi connectivity index (χ2n) is 2.82. The van der Waals surface area contributed by atoms with Gasteiger partial charge < -0.3 is 5.32 Å². The van der Waals surface area contributed by atoms with Crippen LogP contribution in [0.25, 0.3) is 0 Å². The van der Waals surface area contributed by atoms with Crippen LogP contribution in [0.1, 0.15) is 5.69 Å². The average Bonchev–Trinajstić information content (AvgIpc) is 2.18.